The quantitative estimate of drug-likeness (QED) is 0.656. The molecule has 0 saturated heterocycles. The molecular formula is C14H8ClF4N3O2S. The third-order valence-electron chi connectivity index (χ3n) is 3.20. The van der Waals surface area contributed by atoms with Crippen LogP contribution in [0.4, 0.5) is 23.2 Å². The lowest BCUT2D eigenvalue weighted by Gasteiger charge is -2.08. The maximum absolute atomic E-state index is 13.1. The predicted octanol–water partition coefficient (Wildman–Crippen LogP) is 4.18. The van der Waals surface area contributed by atoms with Crippen molar-refractivity contribution in [2.24, 2.45) is 0 Å². The van der Waals surface area contributed by atoms with Crippen molar-refractivity contribution in [3.05, 3.63) is 53.1 Å². The zero-order chi connectivity index (χ0) is 18.4. The minimum atomic E-state index is -4.65. The van der Waals surface area contributed by atoms with Crippen LogP contribution in [0.2, 0.25) is 5.02 Å². The molecule has 3 rings (SSSR count). The first-order chi connectivity index (χ1) is 11.6. The van der Waals surface area contributed by atoms with E-state index in [0.717, 1.165) is 18.2 Å². The summed E-state index contributed by atoms with van der Waals surface area (Å²) in [5, 5.41) is -0.373. The fourth-order valence-corrected chi connectivity index (χ4v) is 3.39. The molecule has 132 valence electrons. The lowest BCUT2D eigenvalue weighted by molar-refractivity contribution is -0.144. The number of halogens is 5. The standard InChI is InChI=1S/C14H8ClF4N3O2S/c15-9-6-8(2-3-10(9)16)25(23,24)22-7-1-4-11-12(5-7)21-13(20-11)14(17,18)19/h1-6,22H,(H,20,21). The van der Waals surface area contributed by atoms with Crippen LogP contribution in [0.5, 0.6) is 0 Å². The van der Waals surface area contributed by atoms with E-state index < -0.39 is 27.8 Å². The largest absolute Gasteiger partial charge is 0.449 e. The first kappa shape index (κ1) is 17.5. The Morgan fingerprint density at radius 1 is 1.12 bits per heavy atom. The van der Waals surface area contributed by atoms with E-state index in [-0.39, 0.29) is 26.6 Å². The molecule has 0 aliphatic carbocycles. The number of alkyl halides is 3. The van der Waals surface area contributed by atoms with Gasteiger partial charge in [-0.05, 0) is 36.4 Å². The number of fused-ring (bicyclic) bond motifs is 1. The average Bonchev–Trinajstić information content (AvgIpc) is 2.93. The summed E-state index contributed by atoms with van der Waals surface area (Å²) in [5.74, 6) is -1.97. The molecule has 5 nitrogen and oxygen atoms in total. The Balaban J connectivity index is 1.95. The number of H-pyrrole nitrogens is 1. The Morgan fingerprint density at radius 3 is 2.48 bits per heavy atom. The molecule has 0 atom stereocenters. The second-order valence-corrected chi connectivity index (χ2v) is 7.09. The third kappa shape index (κ3) is 3.54. The number of benzene rings is 2. The maximum Gasteiger partial charge on any atom is 0.449 e. The highest BCUT2D eigenvalue weighted by molar-refractivity contribution is 7.92. The van der Waals surface area contributed by atoms with Crippen LogP contribution in [0.3, 0.4) is 0 Å². The fourth-order valence-electron chi connectivity index (χ4n) is 2.07. The summed E-state index contributed by atoms with van der Waals surface area (Å²) in [5.41, 5.74) is 0.0371. The first-order valence-electron chi connectivity index (χ1n) is 6.61. The van der Waals surface area contributed by atoms with Crippen LogP contribution in [-0.4, -0.2) is 18.4 Å². The Bertz CT molecular complexity index is 1060. The van der Waals surface area contributed by atoms with E-state index in [1.807, 2.05) is 0 Å². The van der Waals surface area contributed by atoms with Crippen molar-refractivity contribution < 1.29 is 26.0 Å². The van der Waals surface area contributed by atoms with Crippen LogP contribution >= 0.6 is 11.6 Å². The molecule has 0 amide bonds. The summed E-state index contributed by atoms with van der Waals surface area (Å²) in [6.07, 6.45) is -4.65. The predicted molar refractivity (Wildman–Crippen MR) is 83.3 cm³/mol. The monoisotopic (exact) mass is 393 g/mol. The topological polar surface area (TPSA) is 74.8 Å². The number of anilines is 1. The number of nitrogens with one attached hydrogen (secondary N) is 2. The van der Waals surface area contributed by atoms with Crippen molar-refractivity contribution in [2.75, 3.05) is 4.72 Å². The highest BCUT2D eigenvalue weighted by Gasteiger charge is 2.34. The van der Waals surface area contributed by atoms with Crippen LogP contribution in [0.15, 0.2) is 41.3 Å². The maximum atomic E-state index is 13.1. The van der Waals surface area contributed by atoms with Crippen molar-refractivity contribution in [3.8, 4) is 0 Å². The molecule has 0 saturated carbocycles. The van der Waals surface area contributed by atoms with Gasteiger partial charge in [-0.15, -0.1) is 0 Å². The summed E-state index contributed by atoms with van der Waals surface area (Å²) in [4.78, 5) is 5.17. The smallest absolute Gasteiger partial charge is 0.334 e. The number of hydrogen-bond acceptors (Lipinski definition) is 3. The van der Waals surface area contributed by atoms with Gasteiger partial charge in [0.25, 0.3) is 10.0 Å². The Kier molecular flexibility index (Phi) is 4.12. The van der Waals surface area contributed by atoms with Gasteiger partial charge in [-0.3, -0.25) is 4.72 Å². The Morgan fingerprint density at radius 2 is 1.84 bits per heavy atom. The molecule has 25 heavy (non-hydrogen) atoms. The van der Waals surface area contributed by atoms with Gasteiger partial charge in [0.05, 0.1) is 26.6 Å². The minimum absolute atomic E-state index is 0.00432. The van der Waals surface area contributed by atoms with E-state index >= 15 is 0 Å². The number of rotatable bonds is 3. The minimum Gasteiger partial charge on any atom is -0.334 e. The van der Waals surface area contributed by atoms with Gasteiger partial charge in [0.15, 0.2) is 0 Å². The van der Waals surface area contributed by atoms with Gasteiger partial charge in [0, 0.05) is 0 Å². The lowest BCUT2D eigenvalue weighted by Crippen LogP contribution is -2.13. The second kappa shape index (κ2) is 5.88. The van der Waals surface area contributed by atoms with Crippen LogP contribution < -0.4 is 4.72 Å². The highest BCUT2D eigenvalue weighted by Crippen LogP contribution is 2.30. The van der Waals surface area contributed by atoms with Crippen molar-refractivity contribution in [1.29, 1.82) is 0 Å². The van der Waals surface area contributed by atoms with E-state index in [1.54, 1.807) is 0 Å². The molecule has 0 unspecified atom stereocenters. The summed E-state index contributed by atoms with van der Waals surface area (Å²) in [6.45, 7) is 0. The van der Waals surface area contributed by atoms with Gasteiger partial charge in [-0.2, -0.15) is 13.2 Å². The number of aromatic amines is 1. The number of aromatic nitrogens is 2. The molecule has 0 spiro atoms. The van der Waals surface area contributed by atoms with Gasteiger partial charge >= 0.3 is 6.18 Å². The number of nitrogens with zero attached hydrogens (tertiary/aromatic N) is 1. The van der Waals surface area contributed by atoms with Gasteiger partial charge in [0.1, 0.15) is 5.82 Å². The van der Waals surface area contributed by atoms with Crippen molar-refractivity contribution in [3.63, 3.8) is 0 Å². The van der Waals surface area contributed by atoms with Crippen LogP contribution in [0.25, 0.3) is 11.0 Å². The molecule has 2 N–H and O–H groups in total. The van der Waals surface area contributed by atoms with Crippen molar-refractivity contribution >= 4 is 38.3 Å². The molecule has 3 aromatic rings. The zero-order valence-electron chi connectivity index (χ0n) is 12.0. The van der Waals surface area contributed by atoms with Crippen LogP contribution in [-0.2, 0) is 16.2 Å². The normalized spacial score (nSPS) is 12.5. The molecule has 0 fully saturated rings. The van der Waals surface area contributed by atoms with Crippen molar-refractivity contribution in [1.82, 2.24) is 9.97 Å². The second-order valence-electron chi connectivity index (χ2n) is 5.00. The lowest BCUT2D eigenvalue weighted by atomic mass is 10.3. The Hall–Kier alpha value is -2.33. The summed E-state index contributed by atoms with van der Waals surface area (Å²) >= 11 is 5.56. The van der Waals surface area contributed by atoms with E-state index in [2.05, 4.69) is 14.7 Å². The van der Waals surface area contributed by atoms with E-state index in [1.165, 1.54) is 18.2 Å². The van der Waals surface area contributed by atoms with E-state index in [9.17, 15) is 26.0 Å². The molecular weight excluding hydrogens is 386 g/mol. The highest BCUT2D eigenvalue weighted by atomic mass is 35.5. The van der Waals surface area contributed by atoms with E-state index in [0.29, 0.717) is 0 Å². The van der Waals surface area contributed by atoms with Crippen LogP contribution in [0.1, 0.15) is 5.82 Å². The van der Waals surface area contributed by atoms with Gasteiger partial charge in [-0.25, -0.2) is 17.8 Å². The molecule has 11 heteroatoms. The first-order valence-corrected chi connectivity index (χ1v) is 8.47. The van der Waals surface area contributed by atoms with Crippen LogP contribution in [0, 0.1) is 5.82 Å². The fraction of sp³-hybridized carbons (Fsp3) is 0.0714. The third-order valence-corrected chi connectivity index (χ3v) is 4.87. The van der Waals surface area contributed by atoms with Gasteiger partial charge < -0.3 is 4.98 Å². The molecule has 0 radical (unpaired) electrons. The van der Waals surface area contributed by atoms with E-state index in [4.69, 9.17) is 11.6 Å². The summed E-state index contributed by atoms with van der Waals surface area (Å²) < 4.78 is 77.8. The Labute approximate surface area is 143 Å². The van der Waals surface area contributed by atoms with Gasteiger partial charge in [-0.1, -0.05) is 11.6 Å². The molecule has 2 aromatic carbocycles. The summed E-state index contributed by atoms with van der Waals surface area (Å²) in [7, 11) is -4.10. The van der Waals surface area contributed by atoms with Crippen molar-refractivity contribution in [2.45, 2.75) is 11.1 Å². The summed E-state index contributed by atoms with van der Waals surface area (Å²) in [6, 6.07) is 6.49. The SMILES string of the molecule is O=S(=O)(Nc1ccc2nc(C(F)(F)F)[nH]c2c1)c1ccc(F)c(Cl)c1. The molecule has 1 heterocycles. The average molecular weight is 394 g/mol. The molecule has 0 aliphatic heterocycles. The van der Waals surface area contributed by atoms with Gasteiger partial charge in [0.2, 0.25) is 5.82 Å². The molecule has 1 aromatic heterocycles. The number of sulfonamides is 1. The molecule has 0 bridgehead atoms. The number of imidazole rings is 1. The zero-order valence-corrected chi connectivity index (χ0v) is 13.6. The number of hydrogen-bond donors (Lipinski definition) is 2. The molecule has 0 aliphatic rings.